The monoisotopic (exact) mass is 347 g/mol. The second kappa shape index (κ2) is 8.61. The number of hydrogen-bond donors (Lipinski definition) is 1. The van der Waals surface area contributed by atoms with Crippen LogP contribution in [-0.4, -0.2) is 29.3 Å². The molecule has 0 spiro atoms. The Morgan fingerprint density at radius 2 is 2.04 bits per heavy atom. The molecule has 6 heteroatoms. The molecule has 6 nitrogen and oxygen atoms in total. The summed E-state index contributed by atoms with van der Waals surface area (Å²) < 4.78 is 11.0. The summed E-state index contributed by atoms with van der Waals surface area (Å²) in [7, 11) is 0. The van der Waals surface area contributed by atoms with Crippen LogP contribution in [0.15, 0.2) is 16.2 Å². The van der Waals surface area contributed by atoms with Crippen LogP contribution in [0.4, 0.5) is 0 Å². The van der Waals surface area contributed by atoms with Crippen molar-refractivity contribution in [3.8, 4) is 0 Å². The molecule has 2 heterocycles. The molecule has 0 radical (unpaired) electrons. The van der Waals surface area contributed by atoms with E-state index in [1.165, 1.54) is 12.8 Å². The summed E-state index contributed by atoms with van der Waals surface area (Å²) in [4.78, 5) is 17.4. The molecule has 0 aromatic carbocycles. The van der Waals surface area contributed by atoms with Crippen LogP contribution in [0.5, 0.6) is 0 Å². The minimum atomic E-state index is -0.236. The zero-order valence-electron chi connectivity index (χ0n) is 15.3. The summed E-state index contributed by atoms with van der Waals surface area (Å²) in [6.07, 6.45) is 9.17. The van der Waals surface area contributed by atoms with Crippen molar-refractivity contribution in [1.82, 2.24) is 15.5 Å². The Kier molecular flexibility index (Phi) is 6.24. The second-order valence-corrected chi connectivity index (χ2v) is 7.38. The van der Waals surface area contributed by atoms with Gasteiger partial charge in [-0.1, -0.05) is 31.5 Å². The van der Waals surface area contributed by atoms with Crippen molar-refractivity contribution in [3.05, 3.63) is 23.4 Å². The predicted molar refractivity (Wildman–Crippen MR) is 94.0 cm³/mol. The minimum Gasteiger partial charge on any atom is -0.381 e. The van der Waals surface area contributed by atoms with Crippen molar-refractivity contribution in [2.45, 2.75) is 70.8 Å². The van der Waals surface area contributed by atoms with E-state index in [0.717, 1.165) is 37.7 Å². The van der Waals surface area contributed by atoms with E-state index in [1.54, 1.807) is 0 Å². The average Bonchev–Trinajstić information content (AvgIpc) is 2.95. The number of aromatic nitrogens is 2. The molecule has 1 aromatic rings. The third-order valence-electron chi connectivity index (χ3n) is 5.10. The summed E-state index contributed by atoms with van der Waals surface area (Å²) in [5.74, 6) is 1.70. The standard InChI is InChI=1S/C19H29N3O3/c1-13(2)17-21-19(25-22-17)16(14-9-11-24-12-10-14)20-18(23)15-7-5-3-4-6-8-15/h7,13-14,16H,3-6,8-12H2,1-2H3,(H,20,23)/t16-/m1/s1. The van der Waals surface area contributed by atoms with Crippen molar-refractivity contribution in [1.29, 1.82) is 0 Å². The SMILES string of the molecule is CC(C)c1noc([C@H](NC(=O)C2=CCCCCC2)C2CCOCC2)n1. The van der Waals surface area contributed by atoms with E-state index in [1.807, 2.05) is 13.8 Å². The summed E-state index contributed by atoms with van der Waals surface area (Å²) in [5.41, 5.74) is 0.901. The molecule has 138 valence electrons. The Labute approximate surface area is 149 Å². The van der Waals surface area contributed by atoms with Crippen LogP contribution in [0.1, 0.15) is 82.5 Å². The van der Waals surface area contributed by atoms with Gasteiger partial charge in [-0.15, -0.1) is 0 Å². The van der Waals surface area contributed by atoms with Crippen LogP contribution in [0.25, 0.3) is 0 Å². The molecule has 1 aromatic heterocycles. The van der Waals surface area contributed by atoms with Crippen LogP contribution >= 0.6 is 0 Å². The number of carbonyl (C=O) groups is 1. The van der Waals surface area contributed by atoms with Gasteiger partial charge in [-0.25, -0.2) is 0 Å². The first-order valence-corrected chi connectivity index (χ1v) is 9.56. The van der Waals surface area contributed by atoms with E-state index in [4.69, 9.17) is 9.26 Å². The van der Waals surface area contributed by atoms with Gasteiger partial charge in [0.05, 0.1) is 0 Å². The van der Waals surface area contributed by atoms with Gasteiger partial charge in [-0.2, -0.15) is 4.98 Å². The molecule has 1 saturated heterocycles. The highest BCUT2D eigenvalue weighted by Gasteiger charge is 2.32. The number of carbonyl (C=O) groups excluding carboxylic acids is 1. The van der Waals surface area contributed by atoms with E-state index in [0.29, 0.717) is 24.9 Å². The third-order valence-corrected chi connectivity index (χ3v) is 5.10. The first kappa shape index (κ1) is 18.1. The van der Waals surface area contributed by atoms with Gasteiger partial charge >= 0.3 is 0 Å². The van der Waals surface area contributed by atoms with E-state index < -0.39 is 0 Å². The van der Waals surface area contributed by atoms with Crippen molar-refractivity contribution in [3.63, 3.8) is 0 Å². The maximum absolute atomic E-state index is 12.8. The molecule has 1 aliphatic carbocycles. The minimum absolute atomic E-state index is 0.0164. The van der Waals surface area contributed by atoms with E-state index >= 15 is 0 Å². The van der Waals surface area contributed by atoms with Gasteiger partial charge in [0.2, 0.25) is 11.8 Å². The molecule has 3 rings (SSSR count). The molecule has 1 fully saturated rings. The van der Waals surface area contributed by atoms with Crippen molar-refractivity contribution >= 4 is 5.91 Å². The second-order valence-electron chi connectivity index (χ2n) is 7.38. The lowest BCUT2D eigenvalue weighted by Gasteiger charge is -2.28. The highest BCUT2D eigenvalue weighted by atomic mass is 16.5. The molecular weight excluding hydrogens is 318 g/mol. The van der Waals surface area contributed by atoms with Gasteiger partial charge in [0.25, 0.3) is 0 Å². The lowest BCUT2D eigenvalue weighted by Crippen LogP contribution is -2.37. The number of nitrogens with zero attached hydrogens (tertiary/aromatic N) is 2. The highest BCUT2D eigenvalue weighted by molar-refractivity contribution is 5.93. The Hall–Kier alpha value is -1.69. The van der Waals surface area contributed by atoms with E-state index in [-0.39, 0.29) is 23.8 Å². The van der Waals surface area contributed by atoms with Crippen LogP contribution in [-0.2, 0) is 9.53 Å². The fourth-order valence-corrected chi connectivity index (χ4v) is 3.49. The van der Waals surface area contributed by atoms with E-state index in [9.17, 15) is 4.79 Å². The highest BCUT2D eigenvalue weighted by Crippen LogP contribution is 2.30. The van der Waals surface area contributed by atoms with Crippen molar-refractivity contribution < 1.29 is 14.1 Å². The number of rotatable bonds is 5. The number of allylic oxidation sites excluding steroid dienone is 1. The maximum Gasteiger partial charge on any atom is 0.249 e. The molecule has 1 N–H and O–H groups in total. The average molecular weight is 347 g/mol. The summed E-state index contributed by atoms with van der Waals surface area (Å²) in [6.45, 7) is 5.50. The summed E-state index contributed by atoms with van der Waals surface area (Å²) in [5, 5.41) is 7.28. The van der Waals surface area contributed by atoms with Gasteiger partial charge in [0.15, 0.2) is 5.82 Å². The fourth-order valence-electron chi connectivity index (χ4n) is 3.49. The summed E-state index contributed by atoms with van der Waals surface area (Å²) >= 11 is 0. The Morgan fingerprint density at radius 1 is 1.24 bits per heavy atom. The van der Waals surface area contributed by atoms with Gasteiger partial charge in [-0.05, 0) is 44.4 Å². The molecule has 0 bridgehead atoms. The normalized spacial score (nSPS) is 20.8. The largest absolute Gasteiger partial charge is 0.381 e. The first-order chi connectivity index (χ1) is 12.1. The third kappa shape index (κ3) is 4.69. The van der Waals surface area contributed by atoms with Gasteiger partial charge < -0.3 is 14.6 Å². The molecule has 2 aliphatic rings. The Bertz CT molecular complexity index is 603. The van der Waals surface area contributed by atoms with Gasteiger partial charge in [0, 0.05) is 24.7 Å². The zero-order chi connectivity index (χ0) is 17.6. The molecular formula is C19H29N3O3. The number of amides is 1. The smallest absolute Gasteiger partial charge is 0.249 e. The first-order valence-electron chi connectivity index (χ1n) is 9.56. The number of nitrogens with one attached hydrogen (secondary N) is 1. The van der Waals surface area contributed by atoms with Crippen LogP contribution in [0.3, 0.4) is 0 Å². The zero-order valence-corrected chi connectivity index (χ0v) is 15.3. The lowest BCUT2D eigenvalue weighted by atomic mass is 9.91. The van der Waals surface area contributed by atoms with Crippen LogP contribution < -0.4 is 5.32 Å². The topological polar surface area (TPSA) is 77.2 Å². The molecule has 1 amide bonds. The van der Waals surface area contributed by atoms with E-state index in [2.05, 4.69) is 21.5 Å². The number of hydrogen-bond acceptors (Lipinski definition) is 5. The summed E-state index contributed by atoms with van der Waals surface area (Å²) in [6, 6.07) is -0.236. The predicted octanol–water partition coefficient (Wildman–Crippen LogP) is 3.67. The van der Waals surface area contributed by atoms with Gasteiger partial charge in [-0.3, -0.25) is 4.79 Å². The quantitative estimate of drug-likeness (QED) is 0.879. The van der Waals surface area contributed by atoms with Crippen LogP contribution in [0, 0.1) is 5.92 Å². The van der Waals surface area contributed by atoms with Crippen molar-refractivity contribution in [2.75, 3.05) is 13.2 Å². The molecule has 25 heavy (non-hydrogen) atoms. The Morgan fingerprint density at radius 3 is 2.76 bits per heavy atom. The lowest BCUT2D eigenvalue weighted by molar-refractivity contribution is -0.119. The fraction of sp³-hybridized carbons (Fsp3) is 0.737. The maximum atomic E-state index is 12.8. The molecule has 0 unspecified atom stereocenters. The van der Waals surface area contributed by atoms with Gasteiger partial charge in [0.1, 0.15) is 6.04 Å². The van der Waals surface area contributed by atoms with Crippen molar-refractivity contribution in [2.24, 2.45) is 5.92 Å². The molecule has 0 saturated carbocycles. The molecule has 1 aliphatic heterocycles. The number of ether oxygens (including phenoxy) is 1. The van der Waals surface area contributed by atoms with Crippen LogP contribution in [0.2, 0.25) is 0 Å². The Balaban J connectivity index is 1.77. The molecule has 1 atom stereocenters.